The lowest BCUT2D eigenvalue weighted by Gasteiger charge is -2.10. The van der Waals surface area contributed by atoms with E-state index in [1.54, 1.807) is 24.3 Å². The highest BCUT2D eigenvalue weighted by Gasteiger charge is 2.39. The quantitative estimate of drug-likeness (QED) is 0.625. The van der Waals surface area contributed by atoms with E-state index in [0.29, 0.717) is 11.1 Å². The Morgan fingerprint density at radius 1 is 1.05 bits per heavy atom. The Hall–Kier alpha value is -2.68. The molecule has 0 aromatic heterocycles. The molecule has 0 spiro atoms. The first-order valence-electron chi connectivity index (χ1n) is 6.70. The second-order valence-corrected chi connectivity index (χ2v) is 4.88. The Balaban J connectivity index is 2.14. The predicted molar refractivity (Wildman–Crippen MR) is 79.9 cm³/mol. The van der Waals surface area contributed by atoms with E-state index in [0.717, 1.165) is 11.1 Å². The van der Waals surface area contributed by atoms with Gasteiger partial charge in [-0.25, -0.2) is 0 Å². The number of ether oxygens (including phenoxy) is 1. The molecule has 21 heavy (non-hydrogen) atoms. The van der Waals surface area contributed by atoms with Crippen LogP contribution in [0.2, 0.25) is 0 Å². The average molecular weight is 278 g/mol. The standard InChI is InChI=1S/C18H14O3/c1-21-18(20)16-13-9-5-6-10-14(13)17(19)15(16)11-12-7-3-2-4-8-12/h2-11,16H,1H3. The topological polar surface area (TPSA) is 43.4 Å². The molecule has 1 unspecified atom stereocenters. The van der Waals surface area contributed by atoms with Crippen LogP contribution < -0.4 is 0 Å². The van der Waals surface area contributed by atoms with Crippen molar-refractivity contribution in [1.82, 2.24) is 0 Å². The monoisotopic (exact) mass is 278 g/mol. The van der Waals surface area contributed by atoms with Crippen molar-refractivity contribution >= 4 is 17.8 Å². The largest absolute Gasteiger partial charge is 0.468 e. The predicted octanol–water partition coefficient (Wildman–Crippen LogP) is 3.22. The molecule has 0 heterocycles. The summed E-state index contributed by atoms with van der Waals surface area (Å²) in [5.74, 6) is -1.15. The lowest BCUT2D eigenvalue weighted by Crippen LogP contribution is -2.14. The minimum absolute atomic E-state index is 0.107. The van der Waals surface area contributed by atoms with Crippen molar-refractivity contribution in [3.63, 3.8) is 0 Å². The number of methoxy groups -OCH3 is 1. The van der Waals surface area contributed by atoms with E-state index in [9.17, 15) is 9.59 Å². The highest BCUT2D eigenvalue weighted by Crippen LogP contribution is 2.39. The van der Waals surface area contributed by atoms with Crippen LogP contribution in [0.4, 0.5) is 0 Å². The average Bonchev–Trinajstić information content (AvgIpc) is 2.81. The van der Waals surface area contributed by atoms with Crippen LogP contribution in [0, 0.1) is 0 Å². The van der Waals surface area contributed by atoms with Crippen molar-refractivity contribution in [3.8, 4) is 0 Å². The SMILES string of the molecule is COC(=O)C1C(=Cc2ccccc2)C(=O)c2ccccc21. The zero-order valence-corrected chi connectivity index (χ0v) is 11.6. The Labute approximate surface area is 122 Å². The van der Waals surface area contributed by atoms with Gasteiger partial charge in [0, 0.05) is 11.1 Å². The Bertz CT molecular complexity index is 729. The van der Waals surface area contributed by atoms with Crippen molar-refractivity contribution in [2.45, 2.75) is 5.92 Å². The van der Waals surface area contributed by atoms with Crippen LogP contribution in [0.25, 0.3) is 6.08 Å². The van der Waals surface area contributed by atoms with Gasteiger partial charge >= 0.3 is 5.97 Å². The van der Waals surface area contributed by atoms with Crippen molar-refractivity contribution in [2.75, 3.05) is 7.11 Å². The molecule has 104 valence electrons. The number of carbonyl (C=O) groups is 2. The molecule has 0 aliphatic heterocycles. The maximum Gasteiger partial charge on any atom is 0.317 e. The third-order valence-electron chi connectivity index (χ3n) is 3.65. The summed E-state index contributed by atoms with van der Waals surface area (Å²) >= 11 is 0. The van der Waals surface area contributed by atoms with Gasteiger partial charge in [0.05, 0.1) is 7.11 Å². The number of esters is 1. The van der Waals surface area contributed by atoms with Gasteiger partial charge in [0.25, 0.3) is 0 Å². The smallest absolute Gasteiger partial charge is 0.317 e. The minimum Gasteiger partial charge on any atom is -0.468 e. The summed E-state index contributed by atoms with van der Waals surface area (Å²) in [4.78, 5) is 24.7. The van der Waals surface area contributed by atoms with E-state index in [1.807, 2.05) is 36.4 Å². The second-order valence-electron chi connectivity index (χ2n) is 4.88. The third kappa shape index (κ3) is 2.27. The summed E-state index contributed by atoms with van der Waals surface area (Å²) in [5.41, 5.74) is 2.66. The van der Waals surface area contributed by atoms with Crippen LogP contribution in [0.1, 0.15) is 27.4 Å². The van der Waals surface area contributed by atoms with Crippen molar-refractivity contribution in [2.24, 2.45) is 0 Å². The van der Waals surface area contributed by atoms with E-state index in [4.69, 9.17) is 4.74 Å². The molecule has 1 atom stereocenters. The van der Waals surface area contributed by atoms with Gasteiger partial charge in [-0.2, -0.15) is 0 Å². The summed E-state index contributed by atoms with van der Waals surface area (Å²) in [6.07, 6.45) is 1.77. The van der Waals surface area contributed by atoms with E-state index in [2.05, 4.69) is 0 Å². The maximum absolute atomic E-state index is 12.6. The molecule has 3 heteroatoms. The molecule has 0 amide bonds. The van der Waals surface area contributed by atoms with E-state index < -0.39 is 11.9 Å². The van der Waals surface area contributed by atoms with Crippen molar-refractivity contribution < 1.29 is 14.3 Å². The molecule has 3 rings (SSSR count). The molecule has 1 aliphatic carbocycles. The molecule has 0 fully saturated rings. The molecule has 0 radical (unpaired) electrons. The maximum atomic E-state index is 12.6. The molecule has 2 aromatic rings. The summed E-state index contributed by atoms with van der Waals surface area (Å²) in [5, 5.41) is 0. The van der Waals surface area contributed by atoms with Gasteiger partial charge in [0.2, 0.25) is 0 Å². The fraction of sp³-hybridized carbons (Fsp3) is 0.111. The first kappa shape index (κ1) is 13.3. The van der Waals surface area contributed by atoms with Gasteiger partial charge in [0.15, 0.2) is 5.78 Å². The van der Waals surface area contributed by atoms with Crippen LogP contribution in [0.3, 0.4) is 0 Å². The number of carbonyl (C=O) groups excluding carboxylic acids is 2. The zero-order chi connectivity index (χ0) is 14.8. The molecule has 0 N–H and O–H groups in total. The van der Waals surface area contributed by atoms with Crippen LogP contribution in [-0.4, -0.2) is 18.9 Å². The van der Waals surface area contributed by atoms with Crippen LogP contribution in [0.15, 0.2) is 60.2 Å². The highest BCUT2D eigenvalue weighted by molar-refractivity contribution is 6.20. The summed E-state index contributed by atoms with van der Waals surface area (Å²) in [6.45, 7) is 0. The Morgan fingerprint density at radius 3 is 2.43 bits per heavy atom. The lowest BCUT2D eigenvalue weighted by molar-refractivity contribution is -0.141. The first-order chi connectivity index (χ1) is 10.2. The molecule has 0 saturated heterocycles. The number of Topliss-reactive ketones (excluding diaryl/α,β-unsaturated/α-hetero) is 1. The van der Waals surface area contributed by atoms with Crippen LogP contribution in [0.5, 0.6) is 0 Å². The summed E-state index contributed by atoms with van der Waals surface area (Å²) in [7, 11) is 1.34. The van der Waals surface area contributed by atoms with Gasteiger partial charge in [-0.15, -0.1) is 0 Å². The van der Waals surface area contributed by atoms with Gasteiger partial charge < -0.3 is 4.74 Å². The van der Waals surface area contributed by atoms with Gasteiger partial charge in [0.1, 0.15) is 5.92 Å². The fourth-order valence-corrected chi connectivity index (χ4v) is 2.66. The molecule has 2 aromatic carbocycles. The van der Waals surface area contributed by atoms with Crippen LogP contribution >= 0.6 is 0 Å². The summed E-state index contributed by atoms with van der Waals surface area (Å²) < 4.78 is 4.88. The third-order valence-corrected chi connectivity index (χ3v) is 3.65. The normalized spacial score (nSPS) is 18.6. The molecule has 1 aliphatic rings. The van der Waals surface area contributed by atoms with E-state index in [-0.39, 0.29) is 5.78 Å². The minimum atomic E-state index is -0.640. The number of fused-ring (bicyclic) bond motifs is 1. The highest BCUT2D eigenvalue weighted by atomic mass is 16.5. The Morgan fingerprint density at radius 2 is 1.71 bits per heavy atom. The van der Waals surface area contributed by atoms with Gasteiger partial charge in [-0.3, -0.25) is 9.59 Å². The number of hydrogen-bond acceptors (Lipinski definition) is 3. The van der Waals surface area contributed by atoms with Crippen LogP contribution in [-0.2, 0) is 9.53 Å². The van der Waals surface area contributed by atoms with Gasteiger partial charge in [-0.05, 0) is 17.2 Å². The number of benzene rings is 2. The van der Waals surface area contributed by atoms with Crippen molar-refractivity contribution in [3.05, 3.63) is 76.9 Å². The lowest BCUT2D eigenvalue weighted by atomic mass is 9.96. The summed E-state index contributed by atoms with van der Waals surface area (Å²) in [6, 6.07) is 16.7. The first-order valence-corrected chi connectivity index (χ1v) is 6.70. The van der Waals surface area contributed by atoms with E-state index in [1.165, 1.54) is 7.11 Å². The molecular formula is C18H14O3. The molecular weight excluding hydrogens is 264 g/mol. The van der Waals surface area contributed by atoms with Gasteiger partial charge in [-0.1, -0.05) is 54.6 Å². The molecule has 0 saturated carbocycles. The second kappa shape index (κ2) is 5.37. The Kier molecular flexibility index (Phi) is 3.40. The fourth-order valence-electron chi connectivity index (χ4n) is 2.66. The molecule has 0 bridgehead atoms. The van der Waals surface area contributed by atoms with Crippen molar-refractivity contribution in [1.29, 1.82) is 0 Å². The van der Waals surface area contributed by atoms with E-state index >= 15 is 0 Å². The zero-order valence-electron chi connectivity index (χ0n) is 11.6. The molecule has 3 nitrogen and oxygen atoms in total. The number of ketones is 1. The number of rotatable bonds is 2. The number of hydrogen-bond donors (Lipinski definition) is 0.